The van der Waals surface area contributed by atoms with Gasteiger partial charge in [0.15, 0.2) is 11.5 Å². The van der Waals surface area contributed by atoms with E-state index in [2.05, 4.69) is 10.5 Å². The molecule has 3 aromatic carbocycles. The largest absolute Gasteiger partial charge is 0.490 e. The Bertz CT molecular complexity index is 1090. The monoisotopic (exact) mass is 502 g/mol. The number of nitrogens with one attached hydrogen (secondary N) is 1. The van der Waals surface area contributed by atoms with Gasteiger partial charge in [-0.15, -0.1) is 11.8 Å². The average Bonchev–Trinajstić information content (AvgIpc) is 2.81. The summed E-state index contributed by atoms with van der Waals surface area (Å²) in [6.45, 7) is 4.62. The summed E-state index contributed by atoms with van der Waals surface area (Å²) in [5.74, 6) is 1.04. The summed E-state index contributed by atoms with van der Waals surface area (Å²) in [6.07, 6.45) is 1.57. The highest BCUT2D eigenvalue weighted by molar-refractivity contribution is 8.00. The molecule has 0 fully saturated rings. The first kappa shape index (κ1) is 25.0. The predicted molar refractivity (Wildman–Crippen MR) is 136 cm³/mol. The number of hydrazone groups is 1. The zero-order chi connectivity index (χ0) is 23.6. The standard InChI is InChI=1S/C25H24Cl2N2O3S/c1-3-31-24-14-19(6-13-23(24)32-16-18-4-7-20(26)8-5-18)15-28-29-25(30)17(2)33-22-11-9-21(27)10-12-22/h4-15,17H,3,16H2,1-2H3,(H,29,30)/b28-15-/t17-/m0/s1. The topological polar surface area (TPSA) is 59.9 Å². The van der Waals surface area contributed by atoms with Crippen molar-refractivity contribution >= 4 is 47.1 Å². The van der Waals surface area contributed by atoms with Crippen LogP contribution in [0.25, 0.3) is 0 Å². The molecule has 0 spiro atoms. The predicted octanol–water partition coefficient (Wildman–Crippen LogP) is 6.60. The first-order valence-corrected chi connectivity index (χ1v) is 12.0. The van der Waals surface area contributed by atoms with Crippen molar-refractivity contribution in [3.8, 4) is 11.5 Å². The molecule has 5 nitrogen and oxygen atoms in total. The molecular weight excluding hydrogens is 479 g/mol. The van der Waals surface area contributed by atoms with Crippen LogP contribution in [0.3, 0.4) is 0 Å². The smallest absolute Gasteiger partial charge is 0.253 e. The van der Waals surface area contributed by atoms with Crippen LogP contribution in [0.5, 0.6) is 11.5 Å². The van der Waals surface area contributed by atoms with E-state index in [-0.39, 0.29) is 11.2 Å². The van der Waals surface area contributed by atoms with Gasteiger partial charge in [-0.2, -0.15) is 5.10 Å². The molecular formula is C25H24Cl2N2O3S. The molecule has 0 saturated carbocycles. The number of benzene rings is 3. The summed E-state index contributed by atoms with van der Waals surface area (Å²) in [4.78, 5) is 13.3. The van der Waals surface area contributed by atoms with Gasteiger partial charge in [0.05, 0.1) is 18.1 Å². The second-order valence-electron chi connectivity index (χ2n) is 7.00. The zero-order valence-electron chi connectivity index (χ0n) is 18.3. The Morgan fingerprint density at radius 2 is 1.67 bits per heavy atom. The Labute approximate surface area is 208 Å². The van der Waals surface area contributed by atoms with Gasteiger partial charge in [0.2, 0.25) is 0 Å². The molecule has 172 valence electrons. The third-order valence-electron chi connectivity index (χ3n) is 4.46. The van der Waals surface area contributed by atoms with Crippen LogP contribution in [0.2, 0.25) is 10.0 Å². The summed E-state index contributed by atoms with van der Waals surface area (Å²) in [7, 11) is 0. The van der Waals surface area contributed by atoms with Gasteiger partial charge in [0.1, 0.15) is 6.61 Å². The molecule has 0 bridgehead atoms. The molecule has 3 aromatic rings. The van der Waals surface area contributed by atoms with Crippen molar-refractivity contribution < 1.29 is 14.3 Å². The number of carbonyl (C=O) groups excluding carboxylic acids is 1. The minimum atomic E-state index is -0.314. The second-order valence-corrected chi connectivity index (χ2v) is 9.29. The Morgan fingerprint density at radius 1 is 1.00 bits per heavy atom. The van der Waals surface area contributed by atoms with E-state index in [0.29, 0.717) is 34.8 Å². The Hall–Kier alpha value is -2.67. The van der Waals surface area contributed by atoms with Gasteiger partial charge in [-0.05, 0) is 79.6 Å². The van der Waals surface area contributed by atoms with E-state index in [1.807, 2.05) is 68.4 Å². The van der Waals surface area contributed by atoms with Crippen LogP contribution in [0, 0.1) is 0 Å². The third-order valence-corrected chi connectivity index (χ3v) is 6.08. The summed E-state index contributed by atoms with van der Waals surface area (Å²) >= 11 is 13.3. The van der Waals surface area contributed by atoms with Crippen LogP contribution in [0.1, 0.15) is 25.0 Å². The maximum absolute atomic E-state index is 12.3. The van der Waals surface area contributed by atoms with Crippen molar-refractivity contribution in [2.75, 3.05) is 6.61 Å². The quantitative estimate of drug-likeness (QED) is 0.192. The van der Waals surface area contributed by atoms with Gasteiger partial charge >= 0.3 is 0 Å². The highest BCUT2D eigenvalue weighted by atomic mass is 35.5. The Kier molecular flexibility index (Phi) is 9.48. The average molecular weight is 503 g/mol. The number of carbonyl (C=O) groups is 1. The molecule has 0 radical (unpaired) electrons. The summed E-state index contributed by atoms with van der Waals surface area (Å²) < 4.78 is 11.6. The van der Waals surface area contributed by atoms with Crippen molar-refractivity contribution in [1.82, 2.24) is 5.43 Å². The van der Waals surface area contributed by atoms with Crippen LogP contribution >= 0.6 is 35.0 Å². The first-order chi connectivity index (χ1) is 15.9. The number of rotatable bonds is 10. The molecule has 3 rings (SSSR count). The van der Waals surface area contributed by atoms with Crippen LogP contribution in [0.4, 0.5) is 0 Å². The lowest BCUT2D eigenvalue weighted by Gasteiger charge is -2.13. The van der Waals surface area contributed by atoms with Crippen molar-refractivity contribution in [3.63, 3.8) is 0 Å². The van der Waals surface area contributed by atoms with Crippen molar-refractivity contribution in [2.45, 2.75) is 30.6 Å². The molecule has 1 atom stereocenters. The van der Waals surface area contributed by atoms with Crippen molar-refractivity contribution in [3.05, 3.63) is 87.9 Å². The lowest BCUT2D eigenvalue weighted by Crippen LogP contribution is -2.26. The van der Waals surface area contributed by atoms with E-state index < -0.39 is 0 Å². The lowest BCUT2D eigenvalue weighted by molar-refractivity contribution is -0.120. The van der Waals surface area contributed by atoms with Gasteiger partial charge in [0, 0.05) is 14.9 Å². The fourth-order valence-corrected chi connectivity index (χ4v) is 3.88. The number of halogens is 2. The van der Waals surface area contributed by atoms with E-state index >= 15 is 0 Å². The summed E-state index contributed by atoms with van der Waals surface area (Å²) in [5, 5.41) is 5.11. The van der Waals surface area contributed by atoms with E-state index in [0.717, 1.165) is 16.0 Å². The normalized spacial score (nSPS) is 11.9. The highest BCUT2D eigenvalue weighted by Gasteiger charge is 2.13. The minimum Gasteiger partial charge on any atom is -0.490 e. The molecule has 8 heteroatoms. The molecule has 0 aliphatic rings. The molecule has 0 saturated heterocycles. The van der Waals surface area contributed by atoms with Crippen LogP contribution < -0.4 is 14.9 Å². The van der Waals surface area contributed by atoms with E-state index in [1.165, 1.54) is 11.8 Å². The first-order valence-electron chi connectivity index (χ1n) is 10.3. The van der Waals surface area contributed by atoms with E-state index in [4.69, 9.17) is 32.7 Å². The second kappa shape index (κ2) is 12.5. The van der Waals surface area contributed by atoms with Gasteiger partial charge in [0.25, 0.3) is 5.91 Å². The van der Waals surface area contributed by atoms with E-state index in [9.17, 15) is 4.79 Å². The van der Waals surface area contributed by atoms with Crippen LogP contribution in [-0.4, -0.2) is 24.0 Å². The van der Waals surface area contributed by atoms with E-state index in [1.54, 1.807) is 18.3 Å². The fourth-order valence-electron chi connectivity index (χ4n) is 2.77. The SMILES string of the molecule is CCOc1cc(/C=N\NC(=O)[C@H](C)Sc2ccc(Cl)cc2)ccc1OCc1ccc(Cl)cc1. The number of nitrogens with zero attached hydrogens (tertiary/aromatic N) is 1. The summed E-state index contributed by atoms with van der Waals surface area (Å²) in [5.41, 5.74) is 4.36. The molecule has 1 N–H and O–H groups in total. The van der Waals surface area contributed by atoms with Crippen molar-refractivity contribution in [2.24, 2.45) is 5.10 Å². The number of ether oxygens (including phenoxy) is 2. The number of hydrogen-bond acceptors (Lipinski definition) is 5. The molecule has 33 heavy (non-hydrogen) atoms. The molecule has 0 aliphatic heterocycles. The minimum absolute atomic E-state index is 0.195. The van der Waals surface area contributed by atoms with Gasteiger partial charge < -0.3 is 9.47 Å². The Balaban J connectivity index is 1.57. The van der Waals surface area contributed by atoms with Crippen molar-refractivity contribution in [1.29, 1.82) is 0 Å². The molecule has 0 unspecified atom stereocenters. The molecule has 0 heterocycles. The van der Waals surface area contributed by atoms with Crippen LogP contribution in [0.15, 0.2) is 76.7 Å². The molecule has 0 aliphatic carbocycles. The maximum Gasteiger partial charge on any atom is 0.253 e. The third kappa shape index (κ3) is 8.00. The van der Waals surface area contributed by atoms with Gasteiger partial charge in [-0.25, -0.2) is 5.43 Å². The highest BCUT2D eigenvalue weighted by Crippen LogP contribution is 2.29. The lowest BCUT2D eigenvalue weighted by atomic mass is 10.2. The maximum atomic E-state index is 12.3. The number of thioether (sulfide) groups is 1. The summed E-state index contributed by atoms with van der Waals surface area (Å²) in [6, 6.07) is 20.3. The number of hydrogen-bond donors (Lipinski definition) is 1. The fraction of sp³-hybridized carbons (Fsp3) is 0.200. The van der Waals surface area contributed by atoms with Gasteiger partial charge in [-0.1, -0.05) is 35.3 Å². The number of amides is 1. The molecule has 0 aromatic heterocycles. The van der Waals surface area contributed by atoms with Gasteiger partial charge in [-0.3, -0.25) is 4.79 Å². The molecule has 1 amide bonds. The zero-order valence-corrected chi connectivity index (χ0v) is 20.6. The Morgan fingerprint density at radius 3 is 2.33 bits per heavy atom. The van der Waals surface area contributed by atoms with Crippen LogP contribution in [-0.2, 0) is 11.4 Å².